The van der Waals surface area contributed by atoms with Crippen LogP contribution in [0.4, 0.5) is 11.4 Å². The first kappa shape index (κ1) is 17.7. The number of pyridine rings is 1. The number of anilines is 2. The Morgan fingerprint density at radius 3 is 2.57 bits per heavy atom. The van der Waals surface area contributed by atoms with Gasteiger partial charge in [-0.2, -0.15) is 0 Å². The van der Waals surface area contributed by atoms with E-state index in [1.54, 1.807) is 41.3 Å². The van der Waals surface area contributed by atoms with Crippen molar-refractivity contribution in [1.29, 1.82) is 0 Å². The second-order valence-corrected chi connectivity index (χ2v) is 6.40. The summed E-state index contributed by atoms with van der Waals surface area (Å²) in [6.07, 6.45) is 0.815. The fourth-order valence-electron chi connectivity index (χ4n) is 3.30. The number of rotatable bonds is 4. The quantitative estimate of drug-likeness (QED) is 0.759. The van der Waals surface area contributed by atoms with Crippen molar-refractivity contribution in [3.8, 4) is 5.75 Å². The Balaban J connectivity index is 1.56. The Hall–Kier alpha value is -3.67. The van der Waals surface area contributed by atoms with Crippen molar-refractivity contribution in [2.75, 3.05) is 23.9 Å². The molecule has 140 valence electrons. The third-order valence-electron chi connectivity index (χ3n) is 4.69. The van der Waals surface area contributed by atoms with Gasteiger partial charge in [0.2, 0.25) is 0 Å². The summed E-state index contributed by atoms with van der Waals surface area (Å²) in [6.45, 7) is 0.609. The van der Waals surface area contributed by atoms with Crippen molar-refractivity contribution in [2.24, 2.45) is 0 Å². The Bertz CT molecular complexity index is 1050. The van der Waals surface area contributed by atoms with Gasteiger partial charge in [-0.05, 0) is 42.3 Å². The van der Waals surface area contributed by atoms with Gasteiger partial charge in [-0.15, -0.1) is 0 Å². The fourth-order valence-corrected chi connectivity index (χ4v) is 3.30. The van der Waals surface area contributed by atoms with E-state index in [0.717, 1.165) is 17.7 Å². The molecule has 0 saturated heterocycles. The van der Waals surface area contributed by atoms with Gasteiger partial charge in [0.15, 0.2) is 0 Å². The van der Waals surface area contributed by atoms with Crippen LogP contribution in [0.15, 0.2) is 66.7 Å². The fraction of sp³-hybridized carbons (Fsp3) is 0.136. The molecule has 1 aliphatic rings. The molecule has 3 aromatic rings. The smallest absolute Gasteiger partial charge is 0.276 e. The van der Waals surface area contributed by atoms with E-state index in [4.69, 9.17) is 4.74 Å². The number of carbonyl (C=O) groups excluding carboxylic acids is 2. The number of ether oxygens (including phenoxy) is 1. The van der Waals surface area contributed by atoms with E-state index in [2.05, 4.69) is 10.3 Å². The molecule has 0 unspecified atom stereocenters. The zero-order chi connectivity index (χ0) is 19.5. The van der Waals surface area contributed by atoms with Gasteiger partial charge in [0, 0.05) is 12.2 Å². The number of para-hydroxylation sites is 3. The second-order valence-electron chi connectivity index (χ2n) is 6.40. The molecule has 1 aliphatic heterocycles. The first-order chi connectivity index (χ1) is 13.7. The number of fused-ring (bicyclic) bond motifs is 1. The normalized spacial score (nSPS) is 12.4. The van der Waals surface area contributed by atoms with Crippen molar-refractivity contribution < 1.29 is 14.3 Å². The van der Waals surface area contributed by atoms with Crippen LogP contribution in [-0.4, -0.2) is 30.5 Å². The monoisotopic (exact) mass is 373 g/mol. The predicted octanol–water partition coefficient (Wildman–Crippen LogP) is 3.55. The van der Waals surface area contributed by atoms with Gasteiger partial charge >= 0.3 is 0 Å². The molecule has 2 heterocycles. The number of benzene rings is 2. The van der Waals surface area contributed by atoms with Crippen molar-refractivity contribution in [1.82, 2.24) is 4.98 Å². The van der Waals surface area contributed by atoms with E-state index < -0.39 is 5.91 Å². The Labute approximate surface area is 162 Å². The molecular weight excluding hydrogens is 354 g/mol. The number of methoxy groups -OCH3 is 1. The maximum atomic E-state index is 13.0. The van der Waals surface area contributed by atoms with Crippen molar-refractivity contribution in [2.45, 2.75) is 6.42 Å². The minimum absolute atomic E-state index is 0.171. The molecule has 1 aromatic heterocycles. The maximum absolute atomic E-state index is 13.0. The van der Waals surface area contributed by atoms with E-state index in [-0.39, 0.29) is 17.3 Å². The molecule has 4 rings (SSSR count). The van der Waals surface area contributed by atoms with Crippen LogP contribution in [0.3, 0.4) is 0 Å². The molecule has 2 amide bonds. The third-order valence-corrected chi connectivity index (χ3v) is 4.69. The maximum Gasteiger partial charge on any atom is 0.276 e. The minimum atomic E-state index is -0.402. The van der Waals surface area contributed by atoms with Gasteiger partial charge in [0.1, 0.15) is 17.1 Å². The zero-order valence-corrected chi connectivity index (χ0v) is 15.4. The topological polar surface area (TPSA) is 71.5 Å². The van der Waals surface area contributed by atoms with Crippen LogP contribution < -0.4 is 15.0 Å². The van der Waals surface area contributed by atoms with E-state index in [1.807, 2.05) is 30.3 Å². The van der Waals surface area contributed by atoms with Crippen LogP contribution in [0.2, 0.25) is 0 Å². The number of nitrogens with zero attached hydrogens (tertiary/aromatic N) is 2. The van der Waals surface area contributed by atoms with Crippen molar-refractivity contribution in [3.63, 3.8) is 0 Å². The van der Waals surface area contributed by atoms with Gasteiger partial charge < -0.3 is 15.0 Å². The largest absolute Gasteiger partial charge is 0.495 e. The van der Waals surface area contributed by atoms with Crippen LogP contribution in [0, 0.1) is 0 Å². The Morgan fingerprint density at radius 2 is 1.71 bits per heavy atom. The van der Waals surface area contributed by atoms with Crippen LogP contribution >= 0.6 is 0 Å². The molecule has 6 nitrogen and oxygen atoms in total. The summed E-state index contributed by atoms with van der Waals surface area (Å²) in [5, 5.41) is 2.78. The highest BCUT2D eigenvalue weighted by Gasteiger charge is 2.26. The summed E-state index contributed by atoms with van der Waals surface area (Å²) in [5.41, 5.74) is 3.00. The summed E-state index contributed by atoms with van der Waals surface area (Å²) < 4.78 is 5.25. The average molecular weight is 373 g/mol. The molecule has 0 fully saturated rings. The molecule has 2 aromatic carbocycles. The summed E-state index contributed by atoms with van der Waals surface area (Å²) in [5.74, 6) is -0.0605. The predicted molar refractivity (Wildman–Crippen MR) is 107 cm³/mol. The average Bonchev–Trinajstić information content (AvgIpc) is 3.18. The SMILES string of the molecule is COc1ccccc1NC(=O)c1cccc(C(=O)N2CCc3ccccc32)n1. The van der Waals surface area contributed by atoms with Crippen LogP contribution in [-0.2, 0) is 6.42 Å². The van der Waals surface area contributed by atoms with Gasteiger partial charge in [-0.1, -0.05) is 36.4 Å². The van der Waals surface area contributed by atoms with Gasteiger partial charge in [-0.25, -0.2) is 4.98 Å². The second kappa shape index (κ2) is 7.52. The zero-order valence-electron chi connectivity index (χ0n) is 15.4. The molecular formula is C22H19N3O3. The molecule has 0 spiro atoms. The first-order valence-electron chi connectivity index (χ1n) is 8.98. The highest BCUT2D eigenvalue weighted by molar-refractivity contribution is 6.08. The number of hydrogen-bond donors (Lipinski definition) is 1. The highest BCUT2D eigenvalue weighted by atomic mass is 16.5. The lowest BCUT2D eigenvalue weighted by Gasteiger charge is -2.17. The van der Waals surface area contributed by atoms with E-state index >= 15 is 0 Å². The third kappa shape index (κ3) is 3.32. The standard InChI is InChI=1S/C22H19N3O3/c1-28-20-12-5-3-8-16(20)24-21(26)17-9-6-10-18(23-17)22(27)25-14-13-15-7-2-4-11-19(15)25/h2-12H,13-14H2,1H3,(H,24,26). The van der Waals surface area contributed by atoms with E-state index in [1.165, 1.54) is 7.11 Å². The van der Waals surface area contributed by atoms with E-state index in [0.29, 0.717) is 18.0 Å². The van der Waals surface area contributed by atoms with Gasteiger partial charge in [0.05, 0.1) is 12.8 Å². The molecule has 1 N–H and O–H groups in total. The Kier molecular flexibility index (Phi) is 4.76. The van der Waals surface area contributed by atoms with Crippen LogP contribution in [0.5, 0.6) is 5.75 Å². The van der Waals surface area contributed by atoms with Crippen LogP contribution in [0.25, 0.3) is 0 Å². The number of aromatic nitrogens is 1. The lowest BCUT2D eigenvalue weighted by atomic mass is 10.2. The van der Waals surface area contributed by atoms with E-state index in [9.17, 15) is 9.59 Å². The number of nitrogens with one attached hydrogen (secondary N) is 1. The van der Waals surface area contributed by atoms with Crippen molar-refractivity contribution in [3.05, 3.63) is 83.7 Å². The van der Waals surface area contributed by atoms with Crippen LogP contribution in [0.1, 0.15) is 26.5 Å². The molecule has 0 bridgehead atoms. The highest BCUT2D eigenvalue weighted by Crippen LogP contribution is 2.28. The summed E-state index contributed by atoms with van der Waals surface area (Å²) in [7, 11) is 1.54. The molecule has 28 heavy (non-hydrogen) atoms. The first-order valence-corrected chi connectivity index (χ1v) is 8.98. The molecule has 0 radical (unpaired) electrons. The number of hydrogen-bond acceptors (Lipinski definition) is 4. The summed E-state index contributed by atoms with van der Waals surface area (Å²) in [4.78, 5) is 31.6. The van der Waals surface area contributed by atoms with Gasteiger partial charge in [-0.3, -0.25) is 9.59 Å². The van der Waals surface area contributed by atoms with Crippen molar-refractivity contribution >= 4 is 23.2 Å². The minimum Gasteiger partial charge on any atom is -0.495 e. The molecule has 6 heteroatoms. The lowest BCUT2D eigenvalue weighted by molar-refractivity contribution is 0.0984. The molecule has 0 saturated carbocycles. The molecule has 0 atom stereocenters. The Morgan fingerprint density at radius 1 is 0.964 bits per heavy atom. The summed E-state index contributed by atoms with van der Waals surface area (Å²) >= 11 is 0. The molecule has 0 aliphatic carbocycles. The number of carbonyl (C=O) groups is 2. The van der Waals surface area contributed by atoms with Gasteiger partial charge in [0.25, 0.3) is 11.8 Å². The number of amides is 2. The summed E-state index contributed by atoms with van der Waals surface area (Å²) in [6, 6.07) is 19.8. The lowest BCUT2D eigenvalue weighted by Crippen LogP contribution is -2.30.